The number of amides is 2. The molecule has 0 unspecified atom stereocenters. The first kappa shape index (κ1) is 30.1. The van der Waals surface area contributed by atoms with Crippen LogP contribution >= 0.6 is 27.5 Å². The summed E-state index contributed by atoms with van der Waals surface area (Å²) >= 11 is 9.59. The van der Waals surface area contributed by atoms with Crippen molar-refractivity contribution < 1.29 is 18.0 Å². The van der Waals surface area contributed by atoms with Crippen LogP contribution in [0.25, 0.3) is 0 Å². The first-order chi connectivity index (χ1) is 19.1. The molecule has 4 rings (SSSR count). The summed E-state index contributed by atoms with van der Waals surface area (Å²) in [6.45, 7) is 1.29. The molecule has 1 saturated carbocycles. The van der Waals surface area contributed by atoms with Crippen molar-refractivity contribution in [1.29, 1.82) is 0 Å². The highest BCUT2D eigenvalue weighted by Gasteiger charge is 2.33. The van der Waals surface area contributed by atoms with Crippen LogP contribution in [-0.2, 0) is 26.2 Å². The van der Waals surface area contributed by atoms with Crippen LogP contribution in [0.1, 0.15) is 44.6 Å². The number of hydrogen-bond donors (Lipinski definition) is 1. The van der Waals surface area contributed by atoms with Gasteiger partial charge in [0, 0.05) is 22.1 Å². The standard InChI is InChI=1S/C30H33BrClN3O4S/c1-22(30(37)33-26-11-4-2-5-12-26)34(20-23-9-8-10-25(32)19-23)29(36)21-35(27-17-15-24(31)16-18-27)40(38,39)28-13-6-3-7-14-28/h3,6-10,13-19,22,26H,2,4-5,11-12,20-21H2,1H3,(H,33,37)/t22-/m0/s1. The third-order valence-electron chi connectivity index (χ3n) is 7.09. The Hall–Kier alpha value is -2.88. The fourth-order valence-corrected chi connectivity index (χ4v) is 6.75. The van der Waals surface area contributed by atoms with E-state index in [1.54, 1.807) is 67.6 Å². The van der Waals surface area contributed by atoms with E-state index < -0.39 is 28.5 Å². The van der Waals surface area contributed by atoms with Crippen LogP contribution in [0.3, 0.4) is 0 Å². The summed E-state index contributed by atoms with van der Waals surface area (Å²) in [6, 6.07) is 21.0. The number of rotatable bonds is 10. The van der Waals surface area contributed by atoms with E-state index >= 15 is 0 Å². The molecule has 212 valence electrons. The molecular weight excluding hydrogens is 614 g/mol. The third-order valence-corrected chi connectivity index (χ3v) is 9.64. The molecule has 7 nitrogen and oxygen atoms in total. The van der Waals surface area contributed by atoms with Crippen LogP contribution in [0.5, 0.6) is 0 Å². The molecule has 0 bridgehead atoms. The van der Waals surface area contributed by atoms with E-state index in [1.165, 1.54) is 17.0 Å². The van der Waals surface area contributed by atoms with Gasteiger partial charge in [-0.3, -0.25) is 13.9 Å². The van der Waals surface area contributed by atoms with Gasteiger partial charge in [0.15, 0.2) is 0 Å². The average Bonchev–Trinajstić information content (AvgIpc) is 2.95. The Morgan fingerprint density at radius 1 is 0.975 bits per heavy atom. The first-order valence-corrected chi connectivity index (χ1v) is 15.9. The minimum absolute atomic E-state index is 0.0650. The van der Waals surface area contributed by atoms with Gasteiger partial charge < -0.3 is 10.2 Å². The Balaban J connectivity index is 1.66. The third kappa shape index (κ3) is 7.65. The minimum atomic E-state index is -4.09. The fourth-order valence-electron chi connectivity index (χ4n) is 4.84. The van der Waals surface area contributed by atoms with E-state index in [4.69, 9.17) is 11.6 Å². The second-order valence-corrected chi connectivity index (χ2v) is 13.2. The molecule has 0 spiro atoms. The molecule has 1 fully saturated rings. The lowest BCUT2D eigenvalue weighted by atomic mass is 9.95. The molecule has 1 atom stereocenters. The summed E-state index contributed by atoms with van der Waals surface area (Å²) < 4.78 is 29.4. The molecule has 1 N–H and O–H groups in total. The normalized spacial score (nSPS) is 14.8. The van der Waals surface area contributed by atoms with Gasteiger partial charge >= 0.3 is 0 Å². The summed E-state index contributed by atoms with van der Waals surface area (Å²) in [7, 11) is -4.09. The van der Waals surface area contributed by atoms with Crippen molar-refractivity contribution in [1.82, 2.24) is 10.2 Å². The molecule has 3 aromatic rings. The summed E-state index contributed by atoms with van der Waals surface area (Å²) in [5.74, 6) is -0.767. The molecule has 0 heterocycles. The van der Waals surface area contributed by atoms with E-state index in [9.17, 15) is 18.0 Å². The number of sulfonamides is 1. The zero-order valence-electron chi connectivity index (χ0n) is 22.3. The maximum Gasteiger partial charge on any atom is 0.264 e. The Kier molecular flexibility index (Phi) is 10.3. The lowest BCUT2D eigenvalue weighted by Crippen LogP contribution is -2.53. The summed E-state index contributed by atoms with van der Waals surface area (Å²) in [4.78, 5) is 28.8. The molecule has 1 aliphatic rings. The second kappa shape index (κ2) is 13.7. The smallest absolute Gasteiger partial charge is 0.264 e. The first-order valence-electron chi connectivity index (χ1n) is 13.3. The predicted molar refractivity (Wildman–Crippen MR) is 162 cm³/mol. The summed E-state index contributed by atoms with van der Waals surface area (Å²) in [5.41, 5.74) is 1.07. The van der Waals surface area contributed by atoms with Gasteiger partial charge in [-0.1, -0.05) is 77.1 Å². The second-order valence-electron chi connectivity index (χ2n) is 9.97. The topological polar surface area (TPSA) is 86.8 Å². The fraction of sp³-hybridized carbons (Fsp3) is 0.333. The molecule has 1 aliphatic carbocycles. The number of anilines is 1. The van der Waals surface area contributed by atoms with Crippen molar-refractivity contribution in [2.24, 2.45) is 0 Å². The molecule has 3 aromatic carbocycles. The molecule has 2 amide bonds. The Morgan fingerprint density at radius 2 is 1.65 bits per heavy atom. The van der Waals surface area contributed by atoms with Gasteiger partial charge in [-0.25, -0.2) is 8.42 Å². The van der Waals surface area contributed by atoms with Gasteiger partial charge in [-0.05, 0) is 73.9 Å². The molecule has 10 heteroatoms. The zero-order valence-corrected chi connectivity index (χ0v) is 25.5. The quantitative estimate of drug-likeness (QED) is 0.286. The van der Waals surface area contributed by atoms with E-state index in [1.807, 2.05) is 6.07 Å². The van der Waals surface area contributed by atoms with Crippen molar-refractivity contribution in [3.05, 3.63) is 93.9 Å². The van der Waals surface area contributed by atoms with Crippen LogP contribution in [0, 0.1) is 0 Å². The Labute approximate surface area is 249 Å². The van der Waals surface area contributed by atoms with Gasteiger partial charge in [0.2, 0.25) is 11.8 Å². The highest BCUT2D eigenvalue weighted by molar-refractivity contribution is 9.10. The van der Waals surface area contributed by atoms with Crippen LogP contribution in [0.4, 0.5) is 5.69 Å². The number of benzene rings is 3. The Morgan fingerprint density at radius 3 is 2.30 bits per heavy atom. The van der Waals surface area contributed by atoms with Crippen molar-refractivity contribution in [2.45, 2.75) is 62.6 Å². The number of carbonyl (C=O) groups excluding carboxylic acids is 2. The minimum Gasteiger partial charge on any atom is -0.352 e. The lowest BCUT2D eigenvalue weighted by molar-refractivity contribution is -0.139. The van der Waals surface area contributed by atoms with Crippen molar-refractivity contribution in [3.63, 3.8) is 0 Å². The van der Waals surface area contributed by atoms with Crippen molar-refractivity contribution >= 4 is 55.1 Å². The Bertz CT molecular complexity index is 1410. The maximum absolute atomic E-state index is 14.0. The van der Waals surface area contributed by atoms with Crippen molar-refractivity contribution in [2.75, 3.05) is 10.8 Å². The molecule has 0 aromatic heterocycles. The zero-order chi connectivity index (χ0) is 28.7. The molecular formula is C30H33BrClN3O4S. The van der Waals surface area contributed by atoms with E-state index in [0.717, 1.165) is 46.4 Å². The SMILES string of the molecule is C[C@@H](C(=O)NC1CCCCC1)N(Cc1cccc(Cl)c1)C(=O)CN(c1ccc(Br)cc1)S(=O)(=O)c1ccccc1. The maximum atomic E-state index is 14.0. The van der Waals surface area contributed by atoms with Gasteiger partial charge in [0.25, 0.3) is 10.0 Å². The van der Waals surface area contributed by atoms with E-state index in [-0.39, 0.29) is 23.4 Å². The van der Waals surface area contributed by atoms with Gasteiger partial charge in [0.1, 0.15) is 12.6 Å². The van der Waals surface area contributed by atoms with E-state index in [2.05, 4.69) is 21.2 Å². The van der Waals surface area contributed by atoms with Gasteiger partial charge in [0.05, 0.1) is 10.6 Å². The number of carbonyl (C=O) groups is 2. The van der Waals surface area contributed by atoms with Crippen LogP contribution in [0.2, 0.25) is 5.02 Å². The largest absolute Gasteiger partial charge is 0.352 e. The van der Waals surface area contributed by atoms with Crippen LogP contribution in [0.15, 0.2) is 88.2 Å². The molecule has 0 radical (unpaired) electrons. The van der Waals surface area contributed by atoms with Crippen LogP contribution in [-0.4, -0.2) is 43.8 Å². The van der Waals surface area contributed by atoms with Crippen LogP contribution < -0.4 is 9.62 Å². The predicted octanol–water partition coefficient (Wildman–Crippen LogP) is 6.16. The highest BCUT2D eigenvalue weighted by atomic mass is 79.9. The lowest BCUT2D eigenvalue weighted by Gasteiger charge is -2.33. The van der Waals surface area contributed by atoms with E-state index in [0.29, 0.717) is 10.7 Å². The molecule has 0 aliphatic heterocycles. The number of hydrogen-bond acceptors (Lipinski definition) is 4. The van der Waals surface area contributed by atoms with Crippen molar-refractivity contribution in [3.8, 4) is 0 Å². The molecule has 40 heavy (non-hydrogen) atoms. The number of nitrogens with zero attached hydrogens (tertiary/aromatic N) is 2. The van der Waals surface area contributed by atoms with Gasteiger partial charge in [-0.2, -0.15) is 0 Å². The average molecular weight is 647 g/mol. The summed E-state index contributed by atoms with van der Waals surface area (Å²) in [6.07, 6.45) is 5.10. The monoisotopic (exact) mass is 645 g/mol. The number of halogens is 2. The summed E-state index contributed by atoms with van der Waals surface area (Å²) in [5, 5.41) is 3.61. The van der Waals surface area contributed by atoms with Gasteiger partial charge in [-0.15, -0.1) is 0 Å². The molecule has 0 saturated heterocycles. The highest BCUT2D eigenvalue weighted by Crippen LogP contribution is 2.26. The number of nitrogens with one attached hydrogen (secondary N) is 1.